The highest BCUT2D eigenvalue weighted by Crippen LogP contribution is 2.19. The lowest BCUT2D eigenvalue weighted by atomic mass is 10.0. The first-order valence-electron chi connectivity index (χ1n) is 9.32. The second kappa shape index (κ2) is 12.3. The number of carbonyl (C=O) groups excluding carboxylic acids is 2. The zero-order chi connectivity index (χ0) is 21.4. The largest absolute Gasteiger partial charge is 0.484 e. The molecule has 11 heteroatoms. The normalized spacial score (nSPS) is 21.2. The van der Waals surface area contributed by atoms with Crippen molar-refractivity contribution in [2.45, 2.75) is 44.1 Å². The monoisotopic (exact) mass is 445 g/mol. The number of ether oxygens (including phenoxy) is 2. The maximum atomic E-state index is 11.8. The van der Waals surface area contributed by atoms with Crippen molar-refractivity contribution < 1.29 is 34.1 Å². The summed E-state index contributed by atoms with van der Waals surface area (Å²) in [4.78, 5) is 34.1. The van der Waals surface area contributed by atoms with Gasteiger partial charge in [-0.25, -0.2) is 4.79 Å². The molecule has 10 nitrogen and oxygen atoms in total. The zero-order valence-corrected chi connectivity index (χ0v) is 17.4. The summed E-state index contributed by atoms with van der Waals surface area (Å²) in [5.74, 6) is -1.69. The molecule has 0 aromatic heterocycles. The van der Waals surface area contributed by atoms with Gasteiger partial charge >= 0.3 is 11.9 Å². The van der Waals surface area contributed by atoms with Crippen molar-refractivity contribution in [3.05, 3.63) is 29.8 Å². The molecule has 0 aliphatic carbocycles. The summed E-state index contributed by atoms with van der Waals surface area (Å²) >= 11 is 0. The number of carbonyl (C=O) groups is 3. The Bertz CT molecular complexity index is 717. The lowest BCUT2D eigenvalue weighted by Crippen LogP contribution is -2.44. The third kappa shape index (κ3) is 7.79. The van der Waals surface area contributed by atoms with E-state index in [-0.39, 0.29) is 38.0 Å². The Kier molecular flexibility index (Phi) is 10.5. The van der Waals surface area contributed by atoms with E-state index in [2.05, 4.69) is 10.6 Å². The van der Waals surface area contributed by atoms with E-state index in [4.69, 9.17) is 20.3 Å². The summed E-state index contributed by atoms with van der Waals surface area (Å²) < 4.78 is 10.6. The first kappa shape index (κ1) is 25.6. The minimum Gasteiger partial charge on any atom is -0.484 e. The summed E-state index contributed by atoms with van der Waals surface area (Å²) in [7, 11) is 0. The maximum Gasteiger partial charge on any atom is 0.326 e. The predicted molar refractivity (Wildman–Crippen MR) is 109 cm³/mol. The van der Waals surface area contributed by atoms with Crippen LogP contribution in [0.3, 0.4) is 0 Å². The van der Waals surface area contributed by atoms with Gasteiger partial charge in [0.25, 0.3) is 5.91 Å². The van der Waals surface area contributed by atoms with Crippen LogP contribution in [0.1, 0.15) is 18.9 Å². The molecule has 0 radical (unpaired) electrons. The summed E-state index contributed by atoms with van der Waals surface area (Å²) in [6.07, 6.45) is -0.690. The van der Waals surface area contributed by atoms with Crippen LogP contribution >= 0.6 is 12.4 Å². The number of β-amino-alcohol motifs (C(OH)–C–C–N with tert-alkyl or cyclic N) is 1. The number of aliphatic carboxylic acids is 1. The Hall–Kier alpha value is -2.40. The molecule has 0 spiro atoms. The third-order valence-corrected chi connectivity index (χ3v) is 4.50. The van der Waals surface area contributed by atoms with Crippen LogP contribution in [0.4, 0.5) is 0 Å². The topological polar surface area (TPSA) is 160 Å². The van der Waals surface area contributed by atoms with E-state index in [0.29, 0.717) is 18.7 Å². The third-order valence-electron chi connectivity index (χ3n) is 4.50. The lowest BCUT2D eigenvalue weighted by molar-refractivity contribution is -0.151. The van der Waals surface area contributed by atoms with Crippen LogP contribution in [0.5, 0.6) is 5.75 Å². The van der Waals surface area contributed by atoms with Crippen LogP contribution in [0.2, 0.25) is 0 Å². The summed E-state index contributed by atoms with van der Waals surface area (Å²) in [5, 5.41) is 24.4. The van der Waals surface area contributed by atoms with Crippen LogP contribution in [-0.4, -0.2) is 72.0 Å². The van der Waals surface area contributed by atoms with Crippen molar-refractivity contribution in [1.82, 2.24) is 10.6 Å². The Morgan fingerprint density at radius 3 is 2.53 bits per heavy atom. The van der Waals surface area contributed by atoms with E-state index in [1.54, 1.807) is 24.3 Å². The molecule has 1 aromatic rings. The van der Waals surface area contributed by atoms with Gasteiger partial charge in [-0.15, -0.1) is 12.4 Å². The van der Waals surface area contributed by atoms with Crippen molar-refractivity contribution in [3.8, 4) is 5.75 Å². The number of aliphatic hydroxyl groups excluding tert-OH is 1. The molecule has 1 amide bonds. The molecule has 1 saturated heterocycles. The molecule has 4 atom stereocenters. The molecule has 1 heterocycles. The molecule has 0 saturated carbocycles. The second-order valence-corrected chi connectivity index (χ2v) is 6.83. The molecular formula is C19H28ClN3O7. The van der Waals surface area contributed by atoms with Gasteiger partial charge in [0.2, 0.25) is 0 Å². The van der Waals surface area contributed by atoms with Gasteiger partial charge in [-0.05, 0) is 37.1 Å². The highest BCUT2D eigenvalue weighted by Gasteiger charge is 2.37. The van der Waals surface area contributed by atoms with Gasteiger partial charge in [0.1, 0.15) is 24.0 Å². The van der Waals surface area contributed by atoms with E-state index in [1.807, 2.05) is 0 Å². The van der Waals surface area contributed by atoms with E-state index >= 15 is 0 Å². The smallest absolute Gasteiger partial charge is 0.326 e. The number of rotatable bonds is 10. The van der Waals surface area contributed by atoms with Gasteiger partial charge in [-0.1, -0.05) is 12.1 Å². The molecule has 0 unspecified atom stereocenters. The van der Waals surface area contributed by atoms with Crippen LogP contribution in [0, 0.1) is 0 Å². The first-order valence-corrected chi connectivity index (χ1v) is 9.32. The van der Waals surface area contributed by atoms with Crippen LogP contribution in [0.25, 0.3) is 0 Å². The molecular weight excluding hydrogens is 418 g/mol. The van der Waals surface area contributed by atoms with Crippen molar-refractivity contribution >= 4 is 30.3 Å². The number of aliphatic hydroxyl groups is 1. The standard InChI is InChI=1S/C19H27N3O7.ClH/c1-11(23)29-18-15(21-9-16(18)24)8-12-2-4-13(5-3-12)28-10-17(25)22-14(6-7-20)19(26)27;/h2-5,14-16,18,21,24H,6-10,20H2,1H3,(H,22,25)(H,26,27);1H/t14-,15+,16-,18-;/m0./s1. The fourth-order valence-electron chi connectivity index (χ4n) is 3.10. The fourth-order valence-corrected chi connectivity index (χ4v) is 3.10. The molecule has 168 valence electrons. The number of carboxylic acids is 1. The quantitative estimate of drug-likeness (QED) is 0.291. The Morgan fingerprint density at radius 2 is 1.97 bits per heavy atom. The number of esters is 1. The van der Waals surface area contributed by atoms with E-state index < -0.39 is 36.1 Å². The predicted octanol–water partition coefficient (Wildman–Crippen LogP) is -0.788. The van der Waals surface area contributed by atoms with Crippen molar-refractivity contribution in [2.24, 2.45) is 5.73 Å². The van der Waals surface area contributed by atoms with Crippen LogP contribution in [-0.2, 0) is 25.5 Å². The minimum atomic E-state index is -1.15. The first-order chi connectivity index (χ1) is 13.8. The number of benzene rings is 1. The number of hydrogen-bond donors (Lipinski definition) is 5. The van der Waals surface area contributed by atoms with E-state index in [0.717, 1.165) is 5.56 Å². The average molecular weight is 446 g/mol. The molecule has 1 aromatic carbocycles. The number of nitrogens with one attached hydrogen (secondary N) is 2. The molecule has 0 bridgehead atoms. The number of carboxylic acid groups (broad SMARTS) is 1. The highest BCUT2D eigenvalue weighted by molar-refractivity contribution is 5.85. The summed E-state index contributed by atoms with van der Waals surface area (Å²) in [6.45, 7) is 1.48. The summed E-state index contributed by atoms with van der Waals surface area (Å²) in [5.41, 5.74) is 6.26. The van der Waals surface area contributed by atoms with E-state index in [1.165, 1.54) is 6.92 Å². The van der Waals surface area contributed by atoms with Crippen LogP contribution < -0.4 is 21.1 Å². The fraction of sp³-hybridized carbons (Fsp3) is 0.526. The van der Waals surface area contributed by atoms with Gasteiger partial charge in [0.15, 0.2) is 6.61 Å². The van der Waals surface area contributed by atoms with Crippen molar-refractivity contribution in [2.75, 3.05) is 19.7 Å². The summed E-state index contributed by atoms with van der Waals surface area (Å²) in [6, 6.07) is 5.73. The Morgan fingerprint density at radius 1 is 1.30 bits per heavy atom. The van der Waals surface area contributed by atoms with Gasteiger partial charge in [-0.3, -0.25) is 9.59 Å². The zero-order valence-electron chi connectivity index (χ0n) is 16.6. The highest BCUT2D eigenvalue weighted by atomic mass is 35.5. The van der Waals surface area contributed by atoms with Crippen molar-refractivity contribution in [3.63, 3.8) is 0 Å². The van der Waals surface area contributed by atoms with E-state index in [9.17, 15) is 19.5 Å². The number of amides is 1. The molecule has 1 fully saturated rings. The van der Waals surface area contributed by atoms with Gasteiger partial charge < -0.3 is 36.1 Å². The second-order valence-electron chi connectivity index (χ2n) is 6.83. The minimum absolute atomic E-state index is 0. The van der Waals surface area contributed by atoms with Gasteiger partial charge in [-0.2, -0.15) is 0 Å². The number of hydrogen-bond acceptors (Lipinski definition) is 8. The number of halogens is 1. The Labute approximate surface area is 180 Å². The van der Waals surface area contributed by atoms with Gasteiger partial charge in [0, 0.05) is 13.5 Å². The average Bonchev–Trinajstić information content (AvgIpc) is 3.00. The maximum absolute atomic E-state index is 11.8. The molecule has 6 N–H and O–H groups in total. The van der Waals surface area contributed by atoms with Gasteiger partial charge in [0.05, 0.1) is 6.04 Å². The lowest BCUT2D eigenvalue weighted by Gasteiger charge is -2.21. The molecule has 1 aliphatic rings. The molecule has 30 heavy (non-hydrogen) atoms. The van der Waals surface area contributed by atoms with Crippen molar-refractivity contribution in [1.29, 1.82) is 0 Å². The van der Waals surface area contributed by atoms with Crippen LogP contribution in [0.15, 0.2) is 24.3 Å². The number of nitrogens with two attached hydrogens (primary N) is 1. The SMILES string of the molecule is CC(=O)O[C@@H]1[C@@H](O)CN[C@@H]1Cc1ccc(OCC(=O)N[C@@H](CCN)C(=O)O)cc1.Cl. The molecule has 2 rings (SSSR count). The Balaban J connectivity index is 0.00000450. The molecule has 1 aliphatic heterocycles.